The number of aromatic nitrogens is 1. The Kier molecular flexibility index (Phi) is 7.50. The molecule has 3 aromatic rings. The van der Waals surface area contributed by atoms with Crippen molar-refractivity contribution in [2.24, 2.45) is 0 Å². The molecule has 4 rings (SSSR count). The Balaban J connectivity index is 1.54. The largest absolute Gasteiger partial charge is 0.482 e. The Bertz CT molecular complexity index is 1230. The average molecular weight is 517 g/mol. The van der Waals surface area contributed by atoms with Crippen molar-refractivity contribution < 1.29 is 13.9 Å². The molecule has 3 atom stereocenters. The summed E-state index contributed by atoms with van der Waals surface area (Å²) < 4.78 is 20.5. The first-order valence-corrected chi connectivity index (χ1v) is 12.1. The number of nitrogens with one attached hydrogen (secondary N) is 1. The third kappa shape index (κ3) is 5.53. The van der Waals surface area contributed by atoms with Gasteiger partial charge in [-0.2, -0.15) is 0 Å². The number of nitrogen functional groups attached to an aromatic ring is 1. The summed E-state index contributed by atoms with van der Waals surface area (Å²) in [5.74, 6) is -0.185. The van der Waals surface area contributed by atoms with E-state index in [9.17, 15) is 9.18 Å². The molecule has 1 saturated heterocycles. The van der Waals surface area contributed by atoms with Crippen molar-refractivity contribution in [1.82, 2.24) is 15.2 Å². The van der Waals surface area contributed by atoms with Crippen molar-refractivity contribution in [3.63, 3.8) is 0 Å². The van der Waals surface area contributed by atoms with Gasteiger partial charge in [-0.05, 0) is 56.7 Å². The van der Waals surface area contributed by atoms with Crippen molar-refractivity contribution >= 4 is 34.9 Å². The molecule has 6 nitrogen and oxygen atoms in total. The van der Waals surface area contributed by atoms with Crippen molar-refractivity contribution in [3.05, 3.63) is 75.7 Å². The van der Waals surface area contributed by atoms with Crippen LogP contribution >= 0.6 is 23.2 Å². The van der Waals surface area contributed by atoms with Gasteiger partial charge in [0.1, 0.15) is 11.9 Å². The average Bonchev–Trinajstić information content (AvgIpc) is 2.82. The van der Waals surface area contributed by atoms with Crippen molar-refractivity contribution in [2.45, 2.75) is 39.0 Å². The van der Waals surface area contributed by atoms with Gasteiger partial charge >= 0.3 is 0 Å². The standard InChI is InChI=1S/C26H27Cl2FN4O2/c1-14-12-33(13-15(2)32-14)26(34)18-6-4-17(5-7-18)19-10-22(25(30)31-11-19)35-16(3)23-20(27)8-9-21(28)24(23)29/h4-11,14-16,32H,12-13H2,1-3H3,(H2,30,31). The molecule has 35 heavy (non-hydrogen) atoms. The van der Waals surface area contributed by atoms with E-state index in [4.69, 9.17) is 33.7 Å². The summed E-state index contributed by atoms with van der Waals surface area (Å²) in [7, 11) is 0. The highest BCUT2D eigenvalue weighted by atomic mass is 35.5. The van der Waals surface area contributed by atoms with E-state index in [0.29, 0.717) is 18.7 Å². The van der Waals surface area contributed by atoms with Crippen molar-refractivity contribution in [2.75, 3.05) is 18.8 Å². The van der Waals surface area contributed by atoms with Crippen LogP contribution in [-0.2, 0) is 0 Å². The zero-order chi connectivity index (χ0) is 25.3. The number of amides is 1. The Hall–Kier alpha value is -2.87. The van der Waals surface area contributed by atoms with E-state index >= 15 is 0 Å². The minimum Gasteiger partial charge on any atom is -0.482 e. The molecule has 0 radical (unpaired) electrons. The van der Waals surface area contributed by atoms with Gasteiger partial charge in [-0.1, -0.05) is 35.3 Å². The molecule has 184 valence electrons. The third-order valence-electron chi connectivity index (χ3n) is 5.98. The lowest BCUT2D eigenvalue weighted by atomic mass is 10.0. The van der Waals surface area contributed by atoms with Gasteiger partial charge in [-0.15, -0.1) is 0 Å². The maximum atomic E-state index is 14.6. The second-order valence-corrected chi connectivity index (χ2v) is 9.69. The SMILES string of the molecule is CC1CN(C(=O)c2ccc(-c3cnc(N)c(OC(C)c4c(Cl)ccc(Cl)c4F)c3)cc2)CC(C)N1. The fourth-order valence-electron chi connectivity index (χ4n) is 4.35. The van der Waals surface area contributed by atoms with Crippen molar-refractivity contribution in [1.29, 1.82) is 0 Å². The van der Waals surface area contributed by atoms with Gasteiger partial charge in [0, 0.05) is 48.1 Å². The van der Waals surface area contributed by atoms with Gasteiger partial charge in [0.2, 0.25) is 0 Å². The number of piperazine rings is 1. The van der Waals surface area contributed by atoms with Crippen LogP contribution in [0.25, 0.3) is 11.1 Å². The number of hydrogen-bond acceptors (Lipinski definition) is 5. The number of nitrogens with zero attached hydrogens (tertiary/aromatic N) is 2. The third-order valence-corrected chi connectivity index (χ3v) is 6.60. The number of nitrogens with two attached hydrogens (primary N) is 1. The molecule has 0 saturated carbocycles. The molecule has 0 aliphatic carbocycles. The molecule has 1 amide bonds. The molecule has 1 aliphatic heterocycles. The minimum atomic E-state index is -0.760. The van der Waals surface area contributed by atoms with Crippen LogP contribution in [0.4, 0.5) is 10.2 Å². The molecule has 0 bridgehead atoms. The summed E-state index contributed by atoms with van der Waals surface area (Å²) in [5, 5.41) is 3.59. The van der Waals surface area contributed by atoms with E-state index in [-0.39, 0.29) is 45.2 Å². The number of carbonyl (C=O) groups excluding carboxylic acids is 1. The molecular formula is C26H27Cl2FN4O2. The van der Waals surface area contributed by atoms with Crippen LogP contribution in [0.2, 0.25) is 10.0 Å². The molecule has 2 aromatic carbocycles. The Morgan fingerprint density at radius 2 is 1.74 bits per heavy atom. The van der Waals surface area contributed by atoms with Crippen LogP contribution in [0, 0.1) is 5.82 Å². The van der Waals surface area contributed by atoms with Crippen LogP contribution in [0.15, 0.2) is 48.7 Å². The summed E-state index contributed by atoms with van der Waals surface area (Å²) in [6, 6.07) is 12.5. The van der Waals surface area contributed by atoms with Crippen LogP contribution in [0.1, 0.15) is 42.8 Å². The first kappa shape index (κ1) is 25.2. The lowest BCUT2D eigenvalue weighted by Crippen LogP contribution is -2.55. The van der Waals surface area contributed by atoms with Crippen LogP contribution in [0.5, 0.6) is 5.75 Å². The summed E-state index contributed by atoms with van der Waals surface area (Å²) in [6.07, 6.45) is 0.861. The quantitative estimate of drug-likeness (QED) is 0.422. The number of halogens is 3. The summed E-state index contributed by atoms with van der Waals surface area (Å²) >= 11 is 12.1. The number of carbonyl (C=O) groups is 1. The van der Waals surface area contributed by atoms with E-state index in [0.717, 1.165) is 11.1 Å². The van der Waals surface area contributed by atoms with Gasteiger partial charge in [0.15, 0.2) is 11.6 Å². The highest BCUT2D eigenvalue weighted by Gasteiger charge is 2.25. The molecule has 1 aromatic heterocycles. The molecular weight excluding hydrogens is 490 g/mol. The van der Waals surface area contributed by atoms with Gasteiger partial charge in [-0.25, -0.2) is 9.37 Å². The normalized spacial score (nSPS) is 18.9. The van der Waals surface area contributed by atoms with E-state index in [1.54, 1.807) is 31.3 Å². The first-order valence-electron chi connectivity index (χ1n) is 11.4. The monoisotopic (exact) mass is 516 g/mol. The minimum absolute atomic E-state index is 0.00505. The van der Waals surface area contributed by atoms with Gasteiger partial charge in [0.25, 0.3) is 5.91 Å². The van der Waals surface area contributed by atoms with E-state index in [2.05, 4.69) is 24.1 Å². The predicted octanol–water partition coefficient (Wildman–Crippen LogP) is 5.74. The highest BCUT2D eigenvalue weighted by Crippen LogP contribution is 2.35. The Labute approximate surface area is 214 Å². The number of hydrogen-bond donors (Lipinski definition) is 2. The summed E-state index contributed by atoms with van der Waals surface area (Å²) in [6.45, 7) is 7.14. The number of pyridine rings is 1. The van der Waals surface area contributed by atoms with Crippen LogP contribution in [0.3, 0.4) is 0 Å². The zero-order valence-corrected chi connectivity index (χ0v) is 21.2. The maximum Gasteiger partial charge on any atom is 0.253 e. The topological polar surface area (TPSA) is 80.5 Å². The van der Waals surface area contributed by atoms with Crippen LogP contribution in [-0.4, -0.2) is 41.0 Å². The second kappa shape index (κ2) is 10.4. The molecule has 1 aliphatic rings. The first-order chi connectivity index (χ1) is 16.6. The predicted molar refractivity (Wildman–Crippen MR) is 138 cm³/mol. The summed E-state index contributed by atoms with van der Waals surface area (Å²) in [5.41, 5.74) is 8.36. The molecule has 0 spiro atoms. The number of rotatable bonds is 5. The Morgan fingerprint density at radius 1 is 1.11 bits per heavy atom. The smallest absolute Gasteiger partial charge is 0.253 e. The fourth-order valence-corrected chi connectivity index (χ4v) is 4.82. The molecule has 9 heteroatoms. The van der Waals surface area contributed by atoms with Gasteiger partial charge in [0.05, 0.1) is 10.0 Å². The van der Waals surface area contributed by atoms with Gasteiger partial charge in [-0.3, -0.25) is 4.79 Å². The lowest BCUT2D eigenvalue weighted by Gasteiger charge is -2.36. The second-order valence-electron chi connectivity index (χ2n) is 8.88. The fraction of sp³-hybridized carbons (Fsp3) is 0.308. The maximum absolute atomic E-state index is 14.6. The molecule has 3 unspecified atom stereocenters. The highest BCUT2D eigenvalue weighted by molar-refractivity contribution is 6.33. The molecule has 1 fully saturated rings. The lowest BCUT2D eigenvalue weighted by molar-refractivity contribution is 0.0674. The van der Waals surface area contributed by atoms with E-state index in [1.165, 1.54) is 12.1 Å². The van der Waals surface area contributed by atoms with Crippen molar-refractivity contribution in [3.8, 4) is 16.9 Å². The Morgan fingerprint density at radius 3 is 2.40 bits per heavy atom. The molecule has 2 heterocycles. The summed E-state index contributed by atoms with van der Waals surface area (Å²) in [4.78, 5) is 19.1. The number of benzene rings is 2. The van der Waals surface area contributed by atoms with E-state index < -0.39 is 11.9 Å². The van der Waals surface area contributed by atoms with E-state index in [1.807, 2.05) is 17.0 Å². The zero-order valence-electron chi connectivity index (χ0n) is 19.7. The number of anilines is 1. The van der Waals surface area contributed by atoms with Gasteiger partial charge < -0.3 is 20.7 Å². The number of ether oxygens (including phenoxy) is 1. The molecule has 3 N–H and O–H groups in total. The van der Waals surface area contributed by atoms with Crippen LogP contribution < -0.4 is 15.8 Å².